The van der Waals surface area contributed by atoms with E-state index in [9.17, 15) is 5.26 Å². The number of pyridine rings is 2. The van der Waals surface area contributed by atoms with Crippen LogP contribution in [0.4, 0.5) is 5.69 Å². The molecule has 0 amide bonds. The van der Waals surface area contributed by atoms with Crippen LogP contribution in [0.1, 0.15) is 30.5 Å². The molecule has 0 fully saturated rings. The van der Waals surface area contributed by atoms with Gasteiger partial charge in [0.15, 0.2) is 0 Å². The Balaban J connectivity index is 1.38. The topological polar surface area (TPSA) is 53.9 Å². The number of nitriles is 1. The zero-order chi connectivity index (χ0) is 34.7. The molecule has 6 aromatic carbocycles. The molecule has 51 heavy (non-hydrogen) atoms. The van der Waals surface area contributed by atoms with Gasteiger partial charge < -0.3 is 0 Å². The van der Waals surface area contributed by atoms with Crippen LogP contribution in [-0.2, 0) is 5.41 Å². The number of hydrogen-bond acceptors (Lipinski definition) is 3. The molecule has 2 heterocycles. The van der Waals surface area contributed by atoms with Crippen LogP contribution in [0.15, 0.2) is 146 Å². The van der Waals surface area contributed by atoms with Crippen molar-refractivity contribution in [3.63, 3.8) is 0 Å². The normalized spacial score (nSPS) is 12.6. The molecule has 0 bridgehead atoms. The van der Waals surface area contributed by atoms with Crippen LogP contribution < -0.4 is 0 Å². The molecule has 0 radical (unpaired) electrons. The summed E-state index contributed by atoms with van der Waals surface area (Å²) in [6.45, 7) is 12.2. The van der Waals surface area contributed by atoms with E-state index >= 15 is 0 Å². The van der Waals surface area contributed by atoms with Gasteiger partial charge in [0, 0.05) is 35.8 Å². The highest BCUT2D eigenvalue weighted by Crippen LogP contribution is 2.53. The Labute approximate surface area is 296 Å². The lowest BCUT2D eigenvalue weighted by Gasteiger charge is -2.24. The van der Waals surface area contributed by atoms with E-state index in [0.717, 1.165) is 44.2 Å². The lowest BCUT2D eigenvalue weighted by Crippen LogP contribution is -2.14. The Morgan fingerprint density at radius 2 is 1.12 bits per heavy atom. The zero-order valence-corrected chi connectivity index (χ0v) is 28.1. The van der Waals surface area contributed by atoms with E-state index in [0.29, 0.717) is 11.3 Å². The summed E-state index contributed by atoms with van der Waals surface area (Å²) in [4.78, 5) is 12.3. The molecule has 238 valence electrons. The molecule has 4 nitrogen and oxygen atoms in total. The minimum atomic E-state index is -0.171. The molecule has 1 aliphatic rings. The van der Waals surface area contributed by atoms with Crippen molar-refractivity contribution in [1.82, 2.24) is 9.97 Å². The monoisotopic (exact) mass is 650 g/mol. The number of fused-ring (bicyclic) bond motifs is 5. The van der Waals surface area contributed by atoms with Gasteiger partial charge in [-0.2, -0.15) is 5.26 Å². The highest BCUT2D eigenvalue weighted by atomic mass is 14.7. The van der Waals surface area contributed by atoms with Crippen molar-refractivity contribution in [3.05, 3.63) is 174 Å². The average molecular weight is 651 g/mol. The van der Waals surface area contributed by atoms with Crippen LogP contribution in [0.2, 0.25) is 0 Å². The summed E-state index contributed by atoms with van der Waals surface area (Å²) in [5.74, 6) is 0. The third-order valence-electron chi connectivity index (χ3n) is 10.4. The Morgan fingerprint density at radius 1 is 0.529 bits per heavy atom. The van der Waals surface area contributed by atoms with Gasteiger partial charge >= 0.3 is 0 Å². The van der Waals surface area contributed by atoms with Crippen molar-refractivity contribution in [2.45, 2.75) is 19.3 Å². The fourth-order valence-electron chi connectivity index (χ4n) is 8.01. The quantitative estimate of drug-likeness (QED) is 0.141. The predicted molar refractivity (Wildman–Crippen MR) is 207 cm³/mol. The van der Waals surface area contributed by atoms with Gasteiger partial charge in [-0.3, -0.25) is 9.97 Å². The fourth-order valence-corrected chi connectivity index (χ4v) is 8.01. The summed E-state index contributed by atoms with van der Waals surface area (Å²) >= 11 is 0. The van der Waals surface area contributed by atoms with Crippen molar-refractivity contribution in [1.29, 1.82) is 5.26 Å². The minimum Gasteiger partial charge on any atom is -0.276 e. The molecule has 4 heteroatoms. The van der Waals surface area contributed by atoms with Crippen LogP contribution in [0, 0.1) is 17.9 Å². The Bertz CT molecular complexity index is 2810. The van der Waals surface area contributed by atoms with E-state index in [1.54, 1.807) is 12.4 Å². The van der Waals surface area contributed by atoms with Crippen LogP contribution in [0.3, 0.4) is 0 Å². The van der Waals surface area contributed by atoms with E-state index in [1.807, 2.05) is 24.5 Å². The van der Waals surface area contributed by atoms with Gasteiger partial charge in [0.05, 0.1) is 12.1 Å². The Kier molecular flexibility index (Phi) is 6.88. The van der Waals surface area contributed by atoms with E-state index in [-0.39, 0.29) is 5.41 Å². The van der Waals surface area contributed by atoms with Crippen molar-refractivity contribution in [3.8, 4) is 61.7 Å². The van der Waals surface area contributed by atoms with Gasteiger partial charge in [0.1, 0.15) is 6.07 Å². The van der Waals surface area contributed by atoms with Crippen molar-refractivity contribution in [2.75, 3.05) is 0 Å². The second-order valence-electron chi connectivity index (χ2n) is 13.7. The van der Waals surface area contributed by atoms with Gasteiger partial charge in [0.25, 0.3) is 0 Å². The summed E-state index contributed by atoms with van der Waals surface area (Å²) in [6, 6.07) is 45.6. The molecule has 0 atom stereocenters. The molecule has 1 aliphatic carbocycles. The maximum absolute atomic E-state index is 9.58. The molecular weight excluding hydrogens is 621 g/mol. The predicted octanol–water partition coefficient (Wildman–Crippen LogP) is 12.2. The summed E-state index contributed by atoms with van der Waals surface area (Å²) in [7, 11) is 0. The molecule has 0 N–H and O–H groups in total. The van der Waals surface area contributed by atoms with Gasteiger partial charge in [-0.25, -0.2) is 4.85 Å². The van der Waals surface area contributed by atoms with E-state index < -0.39 is 0 Å². The summed E-state index contributed by atoms with van der Waals surface area (Å²) < 4.78 is 0. The van der Waals surface area contributed by atoms with Crippen molar-refractivity contribution < 1.29 is 0 Å². The Morgan fingerprint density at radius 3 is 1.78 bits per heavy atom. The molecule has 2 aromatic heterocycles. The number of aromatic nitrogens is 2. The lowest BCUT2D eigenvalue weighted by atomic mass is 9.79. The van der Waals surface area contributed by atoms with Crippen molar-refractivity contribution in [2.24, 2.45) is 0 Å². The lowest BCUT2D eigenvalue weighted by molar-refractivity contribution is 0.661. The third kappa shape index (κ3) is 4.81. The van der Waals surface area contributed by atoms with Crippen LogP contribution >= 0.6 is 0 Å². The maximum Gasteiger partial charge on any atom is 0.205 e. The maximum atomic E-state index is 9.58. The van der Waals surface area contributed by atoms with Crippen LogP contribution in [-0.4, -0.2) is 9.97 Å². The third-order valence-corrected chi connectivity index (χ3v) is 10.4. The summed E-state index contributed by atoms with van der Waals surface area (Å²) in [6.07, 6.45) is 6.85. The second-order valence-corrected chi connectivity index (χ2v) is 13.7. The van der Waals surface area contributed by atoms with Gasteiger partial charge in [-0.05, 0) is 119 Å². The standard InChI is InChI=1S/C47H30N4/c1-47(2)43-17-7-6-14-37(43)40-22-41-42(23-44(40)47)46(33-13-8-10-30(19-33)34-18-29(24-48)25-50-26-34)39-16-5-4-15-38(39)45(41)32-12-9-11-31(20-32)35-21-36(49-3)28-51-27-35/h4-23,25-28H,1-2H3. The molecule has 0 unspecified atom stereocenters. The minimum absolute atomic E-state index is 0.171. The molecule has 0 saturated heterocycles. The first-order valence-corrected chi connectivity index (χ1v) is 17.0. The van der Waals surface area contributed by atoms with Crippen molar-refractivity contribution >= 4 is 27.2 Å². The molecule has 0 spiro atoms. The molecule has 8 aromatic rings. The molecular formula is C47H30N4. The van der Waals surface area contributed by atoms with Gasteiger partial charge in [-0.1, -0.05) is 98.8 Å². The number of hydrogen-bond donors (Lipinski definition) is 0. The highest BCUT2D eigenvalue weighted by Gasteiger charge is 2.36. The summed E-state index contributed by atoms with van der Waals surface area (Å²) in [5.41, 5.74) is 14.5. The molecule has 0 saturated carbocycles. The largest absolute Gasteiger partial charge is 0.276 e. The Hall–Kier alpha value is -6.88. The molecule has 9 rings (SSSR count). The van der Waals surface area contributed by atoms with Gasteiger partial charge in [-0.15, -0.1) is 0 Å². The first-order valence-electron chi connectivity index (χ1n) is 17.0. The highest BCUT2D eigenvalue weighted by molar-refractivity contribution is 6.22. The van der Waals surface area contributed by atoms with Gasteiger partial charge in [0.2, 0.25) is 5.69 Å². The number of benzene rings is 6. The van der Waals surface area contributed by atoms with E-state index in [2.05, 4.69) is 144 Å². The second kappa shape index (κ2) is 11.6. The summed E-state index contributed by atoms with van der Waals surface area (Å²) in [5, 5.41) is 14.3. The van der Waals surface area contributed by atoms with Crippen LogP contribution in [0.5, 0.6) is 0 Å². The number of rotatable bonds is 4. The molecule has 0 aliphatic heterocycles. The van der Waals surface area contributed by atoms with E-state index in [1.165, 1.54) is 44.2 Å². The average Bonchev–Trinajstić information content (AvgIpc) is 3.41. The SMILES string of the molecule is [C-]#[N+]c1cncc(-c2cccc(-c3c4ccccc4c(-c4cccc(-c5cncc(C#N)c5)c4)c4cc5c(cc34)-c3ccccc3C5(C)C)c2)c1. The van der Waals surface area contributed by atoms with E-state index in [4.69, 9.17) is 6.57 Å². The zero-order valence-electron chi connectivity index (χ0n) is 28.1. The van der Waals surface area contributed by atoms with Crippen LogP contribution in [0.25, 0.3) is 82.0 Å². The first-order chi connectivity index (χ1) is 24.9. The first kappa shape index (κ1) is 30.2. The fraction of sp³-hybridized carbons (Fsp3) is 0.0638. The number of nitrogens with zero attached hydrogens (tertiary/aromatic N) is 4. The smallest absolute Gasteiger partial charge is 0.205 e.